The Morgan fingerprint density at radius 3 is 2.33 bits per heavy atom. The van der Waals surface area contributed by atoms with E-state index in [9.17, 15) is 14.5 Å². The third-order valence-corrected chi connectivity index (χ3v) is 2.56. The molecule has 1 aromatic carbocycles. The van der Waals surface area contributed by atoms with Crippen LogP contribution in [-0.2, 0) is 9.30 Å². The molecule has 0 heterocycles. The number of carbonyl (C=O) groups is 1. The lowest BCUT2D eigenvalue weighted by Crippen LogP contribution is -2.01. The van der Waals surface area contributed by atoms with Crippen LogP contribution in [0.25, 0.3) is 0 Å². The van der Waals surface area contributed by atoms with Gasteiger partial charge in [0.05, 0.1) is 12.7 Å². The molecule has 0 aromatic heterocycles. The molecule has 0 aliphatic carbocycles. The molecule has 6 heteroatoms. The molecular weight excluding hydrogens is 219 g/mol. The fourth-order valence-electron chi connectivity index (χ4n) is 1.04. The van der Waals surface area contributed by atoms with Crippen LogP contribution in [0.4, 0.5) is 0 Å². The Morgan fingerprint density at radius 2 is 1.93 bits per heavy atom. The predicted octanol–water partition coefficient (Wildman–Crippen LogP) is 1.20. The fraction of sp³-hybridized carbons (Fsp3) is 0.222. The van der Waals surface area contributed by atoms with Crippen LogP contribution in [0.3, 0.4) is 0 Å². The topological polar surface area (TPSA) is 83.8 Å². The molecule has 0 amide bonds. The van der Waals surface area contributed by atoms with Crippen LogP contribution in [0.1, 0.15) is 21.8 Å². The molecule has 1 aromatic rings. The Morgan fingerprint density at radius 1 is 1.40 bits per heavy atom. The Kier molecular flexibility index (Phi) is 3.91. The second-order valence-electron chi connectivity index (χ2n) is 2.79. The van der Waals surface area contributed by atoms with E-state index in [1.165, 1.54) is 31.4 Å². The van der Waals surface area contributed by atoms with Crippen molar-refractivity contribution < 1.29 is 24.1 Å². The summed E-state index contributed by atoms with van der Waals surface area (Å²) >= 11 is 0. The minimum atomic E-state index is -2.68. The standard InChI is InChI=1S/C9H9O5P/c1-14-8(10)6-2-4-7(5-3-6)9(11)15(12)13/h2-5,9,11H,1H3/p+1. The second-order valence-corrected chi connectivity index (χ2v) is 3.88. The summed E-state index contributed by atoms with van der Waals surface area (Å²) in [4.78, 5) is 19.7. The highest BCUT2D eigenvalue weighted by Crippen LogP contribution is 2.34. The molecule has 0 saturated heterocycles. The monoisotopic (exact) mass is 229 g/mol. The lowest BCUT2D eigenvalue weighted by atomic mass is 10.1. The number of hydrogen-bond acceptors (Lipinski definition) is 4. The van der Waals surface area contributed by atoms with Crippen molar-refractivity contribution in [3.63, 3.8) is 0 Å². The van der Waals surface area contributed by atoms with Gasteiger partial charge in [-0.25, -0.2) is 4.79 Å². The van der Waals surface area contributed by atoms with Crippen LogP contribution in [0, 0.1) is 0 Å². The van der Waals surface area contributed by atoms with Gasteiger partial charge < -0.3 is 9.84 Å². The van der Waals surface area contributed by atoms with Gasteiger partial charge in [-0.3, -0.25) is 0 Å². The largest absolute Gasteiger partial charge is 0.542 e. The van der Waals surface area contributed by atoms with Gasteiger partial charge in [0.1, 0.15) is 0 Å². The average molecular weight is 229 g/mol. The number of benzene rings is 1. The summed E-state index contributed by atoms with van der Waals surface area (Å²) in [6.45, 7) is 0. The van der Waals surface area contributed by atoms with Crippen molar-refractivity contribution >= 4 is 14.0 Å². The predicted molar refractivity (Wildman–Crippen MR) is 52.6 cm³/mol. The number of carbonyl (C=O) groups excluding carboxylic acids is 1. The van der Waals surface area contributed by atoms with Gasteiger partial charge in [-0.15, -0.1) is 0 Å². The number of rotatable bonds is 3. The maximum atomic E-state index is 11.0. The number of ether oxygens (including phenoxy) is 1. The van der Waals surface area contributed by atoms with Crippen LogP contribution in [-0.4, -0.2) is 23.1 Å². The van der Waals surface area contributed by atoms with E-state index in [1.807, 2.05) is 0 Å². The summed E-state index contributed by atoms with van der Waals surface area (Å²) in [6, 6.07) is 5.65. The van der Waals surface area contributed by atoms with E-state index in [0.717, 1.165) is 0 Å². The number of methoxy groups -OCH3 is 1. The van der Waals surface area contributed by atoms with E-state index in [4.69, 9.17) is 4.89 Å². The summed E-state index contributed by atoms with van der Waals surface area (Å²) in [6.07, 6.45) is 0. The van der Waals surface area contributed by atoms with Crippen molar-refractivity contribution in [2.24, 2.45) is 0 Å². The van der Waals surface area contributed by atoms with Gasteiger partial charge in [0.15, 0.2) is 0 Å². The van der Waals surface area contributed by atoms with Gasteiger partial charge in [0.25, 0.3) is 0 Å². The zero-order valence-corrected chi connectivity index (χ0v) is 8.85. The van der Waals surface area contributed by atoms with E-state index in [2.05, 4.69) is 4.74 Å². The minimum Gasteiger partial charge on any atom is -0.465 e. The first-order valence-corrected chi connectivity index (χ1v) is 5.36. The molecule has 15 heavy (non-hydrogen) atoms. The van der Waals surface area contributed by atoms with Crippen molar-refractivity contribution in [1.82, 2.24) is 0 Å². The summed E-state index contributed by atoms with van der Waals surface area (Å²) in [7, 11) is -1.42. The highest BCUT2D eigenvalue weighted by molar-refractivity contribution is 7.38. The zero-order chi connectivity index (χ0) is 11.4. The lowest BCUT2D eigenvalue weighted by molar-refractivity contribution is 0.0600. The quantitative estimate of drug-likeness (QED) is 0.601. The van der Waals surface area contributed by atoms with E-state index in [-0.39, 0.29) is 5.56 Å². The molecule has 0 bridgehead atoms. The maximum Gasteiger partial charge on any atom is 0.542 e. The maximum absolute atomic E-state index is 11.0. The van der Waals surface area contributed by atoms with Crippen molar-refractivity contribution in [1.29, 1.82) is 0 Å². The zero-order valence-electron chi connectivity index (χ0n) is 7.95. The molecule has 0 fully saturated rings. The van der Waals surface area contributed by atoms with Gasteiger partial charge >= 0.3 is 19.8 Å². The van der Waals surface area contributed by atoms with Gasteiger partial charge in [0.2, 0.25) is 0 Å². The SMILES string of the molecule is COC(=O)c1ccc(C(O)[P+](=O)O)cc1. The highest BCUT2D eigenvalue weighted by atomic mass is 31.1. The molecule has 0 aliphatic rings. The molecule has 2 N–H and O–H groups in total. The van der Waals surface area contributed by atoms with E-state index in [0.29, 0.717) is 5.56 Å². The summed E-state index contributed by atoms with van der Waals surface area (Å²) in [5.74, 6) is -1.92. The summed E-state index contributed by atoms with van der Waals surface area (Å²) in [5.41, 5.74) is 0.605. The van der Waals surface area contributed by atoms with E-state index in [1.54, 1.807) is 0 Å². The summed E-state index contributed by atoms with van der Waals surface area (Å²) in [5, 5.41) is 9.23. The third kappa shape index (κ3) is 2.83. The van der Waals surface area contributed by atoms with Crippen molar-refractivity contribution in [3.8, 4) is 0 Å². The van der Waals surface area contributed by atoms with Crippen molar-refractivity contribution in [2.75, 3.05) is 7.11 Å². The van der Waals surface area contributed by atoms with E-state index < -0.39 is 19.8 Å². The van der Waals surface area contributed by atoms with Gasteiger partial charge in [-0.1, -0.05) is 12.1 Å². The Bertz CT molecular complexity index is 373. The van der Waals surface area contributed by atoms with Gasteiger partial charge in [0, 0.05) is 5.56 Å². The van der Waals surface area contributed by atoms with Gasteiger partial charge in [-0.05, 0) is 16.7 Å². The Balaban J connectivity index is 2.90. The number of aliphatic hydroxyl groups excluding tert-OH is 1. The molecular formula is C9H10O5P+. The average Bonchev–Trinajstić information content (AvgIpc) is 2.27. The molecule has 1 rings (SSSR count). The van der Waals surface area contributed by atoms with Crippen molar-refractivity contribution in [2.45, 2.75) is 5.85 Å². The highest BCUT2D eigenvalue weighted by Gasteiger charge is 2.27. The van der Waals surface area contributed by atoms with Crippen molar-refractivity contribution in [3.05, 3.63) is 35.4 Å². The molecule has 0 aliphatic heterocycles. The number of esters is 1. The molecule has 80 valence electrons. The second kappa shape index (κ2) is 4.98. The number of hydrogen-bond donors (Lipinski definition) is 2. The molecule has 0 spiro atoms. The molecule has 2 unspecified atom stereocenters. The fourth-order valence-corrected chi connectivity index (χ4v) is 1.46. The molecule has 0 radical (unpaired) electrons. The van der Waals surface area contributed by atoms with Crippen LogP contribution in [0.15, 0.2) is 24.3 Å². The molecule has 2 atom stereocenters. The first-order chi connectivity index (χ1) is 7.06. The first kappa shape index (κ1) is 11.8. The lowest BCUT2D eigenvalue weighted by Gasteiger charge is -2.01. The third-order valence-electron chi connectivity index (χ3n) is 1.84. The normalized spacial score (nSPS) is 13.1. The van der Waals surface area contributed by atoms with Crippen LogP contribution in [0.2, 0.25) is 0 Å². The van der Waals surface area contributed by atoms with E-state index >= 15 is 0 Å². The van der Waals surface area contributed by atoms with Gasteiger partial charge in [-0.2, -0.15) is 4.89 Å². The van der Waals surface area contributed by atoms with Crippen LogP contribution >= 0.6 is 8.03 Å². The van der Waals surface area contributed by atoms with Crippen LogP contribution < -0.4 is 0 Å². The van der Waals surface area contributed by atoms with Crippen LogP contribution in [0.5, 0.6) is 0 Å². The Hall–Kier alpha value is -1.29. The number of aliphatic hydroxyl groups is 1. The molecule has 0 saturated carbocycles. The summed E-state index contributed by atoms with van der Waals surface area (Å²) < 4.78 is 15.1. The Labute approximate surface area is 87.2 Å². The smallest absolute Gasteiger partial charge is 0.465 e. The minimum absolute atomic E-state index is 0.284. The first-order valence-electron chi connectivity index (χ1n) is 4.08. The molecule has 5 nitrogen and oxygen atoms in total.